The monoisotopic (exact) mass is 592 g/mol. The number of amides is 4. The van der Waals surface area contributed by atoms with Gasteiger partial charge >= 0.3 is 12.2 Å². The van der Waals surface area contributed by atoms with Crippen molar-refractivity contribution in [2.24, 2.45) is 0 Å². The van der Waals surface area contributed by atoms with Gasteiger partial charge in [-0.05, 0) is 57.4 Å². The molecule has 2 bridgehead atoms. The van der Waals surface area contributed by atoms with Gasteiger partial charge in [-0.25, -0.2) is 9.59 Å². The molecule has 0 aromatic heterocycles. The summed E-state index contributed by atoms with van der Waals surface area (Å²) >= 11 is 0. The molecule has 0 unspecified atom stereocenters. The number of ether oxygens (including phenoxy) is 3. The number of nitrogens with one attached hydrogen (secondary N) is 2. The SMILES string of the molecule is CN1CC=CC[C@H](NC(=O)OCc2ccccc2)C(=O)N2C[C@@H](NC(=O)OC(C)(C)C)C[C@H]2COc2cccc(c2)C1=O. The summed E-state index contributed by atoms with van der Waals surface area (Å²) in [5.74, 6) is -0.0273. The topological polar surface area (TPSA) is 127 Å². The average molecular weight is 593 g/mol. The summed E-state index contributed by atoms with van der Waals surface area (Å²) in [6.07, 6.45) is 2.82. The van der Waals surface area contributed by atoms with Crippen molar-refractivity contribution in [3.8, 4) is 5.75 Å². The van der Waals surface area contributed by atoms with Crippen molar-refractivity contribution < 1.29 is 33.4 Å². The van der Waals surface area contributed by atoms with Crippen molar-refractivity contribution in [3.63, 3.8) is 0 Å². The standard InChI is InChI=1S/C32H40N4O7/c1-32(2,3)43-31(40)33-24-18-25-21-41-26-14-10-13-23(17-26)28(37)35(4)16-9-8-15-27(29(38)36(25)19-24)34-30(39)42-20-22-11-6-5-7-12-22/h5-14,17,24-25,27H,15-16,18-21H2,1-4H3,(H,33,40)(H,34,39)/t24-,25-,27-/m0/s1. The van der Waals surface area contributed by atoms with E-state index in [1.807, 2.05) is 30.3 Å². The fourth-order valence-corrected chi connectivity index (χ4v) is 4.93. The predicted octanol–water partition coefficient (Wildman–Crippen LogP) is 3.89. The minimum atomic E-state index is -0.950. The molecule has 2 N–H and O–H groups in total. The average Bonchev–Trinajstić information content (AvgIpc) is 3.37. The third-order valence-corrected chi connectivity index (χ3v) is 7.01. The summed E-state index contributed by atoms with van der Waals surface area (Å²) in [4.78, 5) is 55.5. The molecule has 2 aliphatic heterocycles. The Bertz CT molecular complexity index is 1320. The Balaban J connectivity index is 1.55. The number of rotatable bonds is 4. The van der Waals surface area contributed by atoms with Gasteiger partial charge in [0.25, 0.3) is 5.91 Å². The Morgan fingerprint density at radius 2 is 1.77 bits per heavy atom. The van der Waals surface area contributed by atoms with Gasteiger partial charge in [0.2, 0.25) is 5.91 Å². The van der Waals surface area contributed by atoms with Gasteiger partial charge in [0, 0.05) is 25.7 Å². The maximum absolute atomic E-state index is 14.0. The zero-order valence-electron chi connectivity index (χ0n) is 25.1. The largest absolute Gasteiger partial charge is 0.491 e. The van der Waals surface area contributed by atoms with Crippen LogP contribution in [0.5, 0.6) is 5.75 Å². The molecule has 0 radical (unpaired) electrons. The van der Waals surface area contributed by atoms with Gasteiger partial charge in [-0.2, -0.15) is 0 Å². The Morgan fingerprint density at radius 3 is 2.51 bits per heavy atom. The molecule has 0 spiro atoms. The summed E-state index contributed by atoms with van der Waals surface area (Å²) in [6, 6.07) is 14.4. The van der Waals surface area contributed by atoms with E-state index in [4.69, 9.17) is 14.2 Å². The van der Waals surface area contributed by atoms with Gasteiger partial charge in [0.1, 0.15) is 30.6 Å². The summed E-state index contributed by atoms with van der Waals surface area (Å²) in [7, 11) is 1.69. The smallest absolute Gasteiger partial charge is 0.408 e. The van der Waals surface area contributed by atoms with Crippen molar-refractivity contribution >= 4 is 24.0 Å². The Labute approximate surface area is 252 Å². The van der Waals surface area contributed by atoms with Crippen molar-refractivity contribution in [1.29, 1.82) is 0 Å². The van der Waals surface area contributed by atoms with Gasteiger partial charge in [-0.1, -0.05) is 48.6 Å². The number of hydrogen-bond acceptors (Lipinski definition) is 7. The van der Waals surface area contributed by atoms with Gasteiger partial charge in [0.05, 0.1) is 12.1 Å². The van der Waals surface area contributed by atoms with E-state index in [0.717, 1.165) is 5.56 Å². The van der Waals surface area contributed by atoms with Gasteiger partial charge < -0.3 is 34.6 Å². The molecule has 11 heteroatoms. The summed E-state index contributed by atoms with van der Waals surface area (Å²) < 4.78 is 16.9. The van der Waals surface area contributed by atoms with E-state index in [9.17, 15) is 19.2 Å². The Hall–Kier alpha value is -4.54. The lowest BCUT2D eigenvalue weighted by Crippen LogP contribution is -2.51. The zero-order chi connectivity index (χ0) is 31.0. The van der Waals surface area contributed by atoms with Crippen LogP contribution in [0.1, 0.15) is 49.5 Å². The van der Waals surface area contributed by atoms with Crippen molar-refractivity contribution in [2.75, 3.05) is 26.7 Å². The highest BCUT2D eigenvalue weighted by molar-refractivity contribution is 5.94. The van der Waals surface area contributed by atoms with Crippen LogP contribution in [0.3, 0.4) is 0 Å². The van der Waals surface area contributed by atoms with Crippen LogP contribution in [0.15, 0.2) is 66.7 Å². The zero-order valence-corrected chi connectivity index (χ0v) is 25.1. The molecule has 0 saturated carbocycles. The molecule has 43 heavy (non-hydrogen) atoms. The highest BCUT2D eigenvalue weighted by Gasteiger charge is 2.40. The molecule has 11 nitrogen and oxygen atoms in total. The molecule has 4 rings (SSSR count). The number of carbonyl (C=O) groups is 4. The summed E-state index contributed by atoms with van der Waals surface area (Å²) in [5.41, 5.74) is 0.617. The van der Waals surface area contributed by atoms with Gasteiger partial charge in [0.15, 0.2) is 0 Å². The van der Waals surface area contributed by atoms with Crippen molar-refractivity contribution in [1.82, 2.24) is 20.4 Å². The van der Waals surface area contributed by atoms with Crippen LogP contribution >= 0.6 is 0 Å². The van der Waals surface area contributed by atoms with Gasteiger partial charge in [-0.15, -0.1) is 0 Å². The third-order valence-electron chi connectivity index (χ3n) is 7.01. The van der Waals surface area contributed by atoms with E-state index in [0.29, 0.717) is 24.3 Å². The van der Waals surface area contributed by atoms with E-state index in [1.165, 1.54) is 0 Å². The molecule has 2 aliphatic rings. The lowest BCUT2D eigenvalue weighted by molar-refractivity contribution is -0.134. The molecule has 0 aliphatic carbocycles. The first-order valence-electron chi connectivity index (χ1n) is 14.4. The van der Waals surface area contributed by atoms with E-state index < -0.39 is 35.9 Å². The molecule has 2 aromatic carbocycles. The second-order valence-electron chi connectivity index (χ2n) is 11.7. The van der Waals surface area contributed by atoms with Crippen LogP contribution in [0.4, 0.5) is 9.59 Å². The van der Waals surface area contributed by atoms with Crippen LogP contribution in [0, 0.1) is 0 Å². The lowest BCUT2D eigenvalue weighted by atomic mass is 10.1. The normalized spacial score (nSPS) is 21.2. The van der Waals surface area contributed by atoms with Crippen LogP contribution in [0.25, 0.3) is 0 Å². The molecule has 3 atom stereocenters. The lowest BCUT2D eigenvalue weighted by Gasteiger charge is -2.28. The number of fused-ring (bicyclic) bond motifs is 3. The Morgan fingerprint density at radius 1 is 1.00 bits per heavy atom. The summed E-state index contributed by atoms with van der Waals surface area (Å²) in [6.45, 7) is 6.01. The second-order valence-corrected chi connectivity index (χ2v) is 11.7. The van der Waals surface area contributed by atoms with Gasteiger partial charge in [-0.3, -0.25) is 9.59 Å². The molecule has 2 heterocycles. The van der Waals surface area contributed by atoms with E-state index in [-0.39, 0.29) is 38.0 Å². The van der Waals surface area contributed by atoms with E-state index >= 15 is 0 Å². The number of nitrogens with zero attached hydrogens (tertiary/aromatic N) is 2. The van der Waals surface area contributed by atoms with Crippen LogP contribution in [-0.4, -0.2) is 84.3 Å². The maximum atomic E-state index is 14.0. The van der Waals surface area contributed by atoms with Crippen LogP contribution < -0.4 is 15.4 Å². The third kappa shape index (κ3) is 9.22. The minimum Gasteiger partial charge on any atom is -0.491 e. The molecule has 230 valence electrons. The molecule has 1 fully saturated rings. The first kappa shape index (κ1) is 31.4. The minimum absolute atomic E-state index is 0.0525. The molecule has 1 saturated heterocycles. The number of hydrogen-bond donors (Lipinski definition) is 2. The fraction of sp³-hybridized carbons (Fsp3) is 0.438. The highest BCUT2D eigenvalue weighted by atomic mass is 16.6. The first-order chi connectivity index (χ1) is 20.5. The van der Waals surface area contributed by atoms with E-state index in [2.05, 4.69) is 10.6 Å². The summed E-state index contributed by atoms with van der Waals surface area (Å²) in [5, 5.41) is 5.58. The molecular weight excluding hydrogens is 552 g/mol. The number of alkyl carbamates (subject to hydrolysis) is 2. The number of benzene rings is 2. The maximum Gasteiger partial charge on any atom is 0.408 e. The number of carbonyl (C=O) groups excluding carboxylic acids is 4. The first-order valence-corrected chi connectivity index (χ1v) is 14.4. The Kier molecular flexibility index (Phi) is 10.3. The second kappa shape index (κ2) is 14.1. The molecule has 2 aromatic rings. The van der Waals surface area contributed by atoms with Crippen molar-refractivity contribution in [3.05, 3.63) is 77.9 Å². The van der Waals surface area contributed by atoms with Crippen LogP contribution in [0.2, 0.25) is 0 Å². The van der Waals surface area contributed by atoms with Crippen molar-refractivity contribution in [2.45, 2.75) is 63.9 Å². The van der Waals surface area contributed by atoms with Crippen LogP contribution in [-0.2, 0) is 20.9 Å². The molecule has 4 amide bonds. The molecular formula is C32H40N4O7. The highest BCUT2D eigenvalue weighted by Crippen LogP contribution is 2.23. The predicted molar refractivity (Wildman–Crippen MR) is 159 cm³/mol. The van der Waals surface area contributed by atoms with E-state index in [1.54, 1.807) is 74.0 Å². The number of likely N-dealkylation sites (N-methyl/N-ethyl adjacent to an activating group) is 1. The quantitative estimate of drug-likeness (QED) is 0.516. The fourth-order valence-electron chi connectivity index (χ4n) is 4.93.